The summed E-state index contributed by atoms with van der Waals surface area (Å²) in [5, 5.41) is 6.27. The Hall–Kier alpha value is -2.08. The SMILES string of the molecule is Cc1cccn2cc(-c3ccc(NC(=O)[C@H]4CCCCN4)cc3)nc12.Cl.Cl. The molecule has 1 aliphatic rings. The standard InChI is InChI=1S/C20H22N4O.2ClH/c1-14-5-4-12-24-13-18(23-19(14)24)15-7-9-16(10-8-15)22-20(25)17-6-2-3-11-21-17;;/h4-5,7-10,12-13,17,21H,2-3,6,11H2,1H3,(H,22,25);2*1H/t17-;;/m1../s1. The van der Waals surface area contributed by atoms with Gasteiger partial charge >= 0.3 is 0 Å². The third kappa shape index (κ3) is 4.61. The zero-order valence-corrected chi connectivity index (χ0v) is 16.8. The zero-order chi connectivity index (χ0) is 17.2. The largest absolute Gasteiger partial charge is 0.325 e. The van der Waals surface area contributed by atoms with Crippen molar-refractivity contribution in [3.8, 4) is 11.3 Å². The number of piperidine rings is 1. The number of hydrogen-bond donors (Lipinski definition) is 2. The molecule has 0 aliphatic carbocycles. The van der Waals surface area contributed by atoms with Crippen LogP contribution in [0, 0.1) is 6.92 Å². The second kappa shape index (κ2) is 9.22. The maximum Gasteiger partial charge on any atom is 0.241 e. The highest BCUT2D eigenvalue weighted by Crippen LogP contribution is 2.22. The second-order valence-corrected chi connectivity index (χ2v) is 6.62. The number of pyridine rings is 1. The molecule has 1 saturated heterocycles. The fourth-order valence-corrected chi connectivity index (χ4v) is 3.32. The predicted octanol–water partition coefficient (Wildman–Crippen LogP) is 4.23. The van der Waals surface area contributed by atoms with Crippen LogP contribution in [0.2, 0.25) is 0 Å². The lowest BCUT2D eigenvalue weighted by atomic mass is 10.0. The number of fused-ring (bicyclic) bond motifs is 1. The minimum Gasteiger partial charge on any atom is -0.325 e. The van der Waals surface area contributed by atoms with Crippen molar-refractivity contribution in [2.45, 2.75) is 32.2 Å². The molecule has 0 unspecified atom stereocenters. The summed E-state index contributed by atoms with van der Waals surface area (Å²) in [6.45, 7) is 2.98. The number of rotatable bonds is 3. The van der Waals surface area contributed by atoms with Crippen LogP contribution in [0.15, 0.2) is 48.8 Å². The normalized spacial score (nSPS) is 16.3. The summed E-state index contributed by atoms with van der Waals surface area (Å²) in [5.74, 6) is 0.0517. The number of aromatic nitrogens is 2. The first-order chi connectivity index (χ1) is 12.2. The smallest absolute Gasteiger partial charge is 0.241 e. The molecule has 1 aliphatic heterocycles. The van der Waals surface area contributed by atoms with E-state index in [0.717, 1.165) is 54.0 Å². The number of amides is 1. The van der Waals surface area contributed by atoms with Crippen molar-refractivity contribution in [2.75, 3.05) is 11.9 Å². The number of aryl methyl sites for hydroxylation is 1. The van der Waals surface area contributed by atoms with Crippen molar-refractivity contribution in [1.29, 1.82) is 0 Å². The molecular formula is C20H24Cl2N4O. The minimum atomic E-state index is -0.0742. The van der Waals surface area contributed by atoms with E-state index in [1.807, 2.05) is 47.1 Å². The van der Waals surface area contributed by atoms with Crippen LogP contribution in [0.25, 0.3) is 16.9 Å². The summed E-state index contributed by atoms with van der Waals surface area (Å²) >= 11 is 0. The van der Waals surface area contributed by atoms with Crippen molar-refractivity contribution in [3.63, 3.8) is 0 Å². The Bertz CT molecular complexity index is 902. The van der Waals surface area contributed by atoms with Gasteiger partial charge in [-0.1, -0.05) is 24.6 Å². The molecule has 7 heteroatoms. The summed E-state index contributed by atoms with van der Waals surface area (Å²) in [5.41, 5.74) is 4.91. The molecule has 1 atom stereocenters. The van der Waals surface area contributed by atoms with Gasteiger partial charge in [-0.15, -0.1) is 24.8 Å². The summed E-state index contributed by atoms with van der Waals surface area (Å²) in [7, 11) is 0. The zero-order valence-electron chi connectivity index (χ0n) is 15.1. The molecule has 0 saturated carbocycles. The van der Waals surface area contributed by atoms with Gasteiger partial charge < -0.3 is 15.0 Å². The number of hydrogen-bond acceptors (Lipinski definition) is 3. The van der Waals surface area contributed by atoms with Crippen LogP contribution in [-0.2, 0) is 4.79 Å². The molecule has 5 nitrogen and oxygen atoms in total. The predicted molar refractivity (Wildman–Crippen MR) is 114 cm³/mol. The van der Waals surface area contributed by atoms with Gasteiger partial charge in [0.2, 0.25) is 5.91 Å². The van der Waals surface area contributed by atoms with Crippen molar-refractivity contribution in [1.82, 2.24) is 14.7 Å². The van der Waals surface area contributed by atoms with Gasteiger partial charge in [0.05, 0.1) is 11.7 Å². The van der Waals surface area contributed by atoms with E-state index in [-0.39, 0.29) is 36.8 Å². The van der Waals surface area contributed by atoms with E-state index in [1.165, 1.54) is 0 Å². The van der Waals surface area contributed by atoms with Gasteiger partial charge in [0.25, 0.3) is 0 Å². The average Bonchev–Trinajstić information content (AvgIpc) is 3.09. The highest BCUT2D eigenvalue weighted by molar-refractivity contribution is 5.95. The number of nitrogens with zero attached hydrogens (tertiary/aromatic N) is 2. The quantitative estimate of drug-likeness (QED) is 0.683. The monoisotopic (exact) mass is 406 g/mol. The Morgan fingerprint density at radius 1 is 1.19 bits per heavy atom. The Labute approximate surface area is 171 Å². The highest BCUT2D eigenvalue weighted by Gasteiger charge is 2.20. The fraction of sp³-hybridized carbons (Fsp3) is 0.300. The second-order valence-electron chi connectivity index (χ2n) is 6.62. The third-order valence-corrected chi connectivity index (χ3v) is 4.75. The number of nitrogens with one attached hydrogen (secondary N) is 2. The van der Waals surface area contributed by atoms with E-state index >= 15 is 0 Å². The molecular weight excluding hydrogens is 383 g/mol. The van der Waals surface area contributed by atoms with Gasteiger partial charge in [-0.25, -0.2) is 4.98 Å². The Morgan fingerprint density at radius 3 is 2.63 bits per heavy atom. The maximum atomic E-state index is 12.3. The number of imidazole rings is 1. The van der Waals surface area contributed by atoms with Crippen molar-refractivity contribution >= 4 is 42.1 Å². The lowest BCUT2D eigenvalue weighted by Crippen LogP contribution is -2.43. The molecule has 1 fully saturated rings. The van der Waals surface area contributed by atoms with Crippen LogP contribution in [0.4, 0.5) is 5.69 Å². The molecule has 2 aromatic heterocycles. The Balaban J connectivity index is 0.00000131. The number of anilines is 1. The summed E-state index contributed by atoms with van der Waals surface area (Å²) in [4.78, 5) is 17.0. The van der Waals surface area contributed by atoms with Crippen LogP contribution in [0.5, 0.6) is 0 Å². The lowest BCUT2D eigenvalue weighted by molar-refractivity contribution is -0.118. The molecule has 2 N–H and O–H groups in total. The van der Waals surface area contributed by atoms with E-state index in [0.29, 0.717) is 0 Å². The van der Waals surface area contributed by atoms with Crippen LogP contribution >= 0.6 is 24.8 Å². The molecule has 1 amide bonds. The topological polar surface area (TPSA) is 58.4 Å². The molecule has 0 radical (unpaired) electrons. The number of benzene rings is 1. The fourth-order valence-electron chi connectivity index (χ4n) is 3.32. The van der Waals surface area contributed by atoms with Gasteiger partial charge in [-0.3, -0.25) is 4.79 Å². The number of carbonyl (C=O) groups is 1. The Kier molecular flexibility index (Phi) is 7.25. The van der Waals surface area contributed by atoms with Crippen molar-refractivity contribution in [3.05, 3.63) is 54.4 Å². The summed E-state index contributed by atoms with van der Waals surface area (Å²) < 4.78 is 2.04. The van der Waals surface area contributed by atoms with Gasteiger partial charge in [-0.2, -0.15) is 0 Å². The molecule has 0 spiro atoms. The van der Waals surface area contributed by atoms with Crippen LogP contribution in [0.1, 0.15) is 24.8 Å². The van der Waals surface area contributed by atoms with Crippen LogP contribution in [0.3, 0.4) is 0 Å². The molecule has 1 aromatic carbocycles. The molecule has 4 rings (SSSR count). The van der Waals surface area contributed by atoms with E-state index in [2.05, 4.69) is 23.6 Å². The van der Waals surface area contributed by atoms with E-state index in [1.54, 1.807) is 0 Å². The van der Waals surface area contributed by atoms with Crippen LogP contribution < -0.4 is 10.6 Å². The molecule has 27 heavy (non-hydrogen) atoms. The molecule has 144 valence electrons. The first-order valence-electron chi connectivity index (χ1n) is 8.80. The van der Waals surface area contributed by atoms with Gasteiger partial charge in [-0.05, 0) is 50.1 Å². The van der Waals surface area contributed by atoms with Gasteiger partial charge in [0, 0.05) is 23.6 Å². The van der Waals surface area contributed by atoms with E-state index in [9.17, 15) is 4.79 Å². The summed E-state index contributed by atoms with van der Waals surface area (Å²) in [6, 6.07) is 11.9. The Morgan fingerprint density at radius 2 is 1.96 bits per heavy atom. The first-order valence-corrected chi connectivity index (χ1v) is 8.80. The first kappa shape index (κ1) is 21.2. The third-order valence-electron chi connectivity index (χ3n) is 4.75. The van der Waals surface area contributed by atoms with Gasteiger partial charge in [0.1, 0.15) is 5.65 Å². The highest BCUT2D eigenvalue weighted by atomic mass is 35.5. The maximum absolute atomic E-state index is 12.3. The van der Waals surface area contributed by atoms with Crippen molar-refractivity contribution < 1.29 is 4.79 Å². The summed E-state index contributed by atoms with van der Waals surface area (Å²) in [6.07, 6.45) is 7.20. The van der Waals surface area contributed by atoms with E-state index < -0.39 is 0 Å². The molecule has 3 aromatic rings. The van der Waals surface area contributed by atoms with Gasteiger partial charge in [0.15, 0.2) is 0 Å². The van der Waals surface area contributed by atoms with Crippen LogP contribution in [-0.4, -0.2) is 27.9 Å². The number of carbonyl (C=O) groups excluding carboxylic acids is 1. The van der Waals surface area contributed by atoms with Crippen molar-refractivity contribution in [2.24, 2.45) is 0 Å². The molecule has 0 bridgehead atoms. The minimum absolute atomic E-state index is 0. The lowest BCUT2D eigenvalue weighted by Gasteiger charge is -2.22. The molecule has 3 heterocycles. The average molecular weight is 407 g/mol. The number of halogens is 2. The van der Waals surface area contributed by atoms with E-state index in [4.69, 9.17) is 4.98 Å².